The van der Waals surface area contributed by atoms with E-state index in [-0.39, 0.29) is 5.56 Å². The van der Waals surface area contributed by atoms with E-state index in [0.717, 1.165) is 28.1 Å². The van der Waals surface area contributed by atoms with Crippen molar-refractivity contribution in [2.75, 3.05) is 0 Å². The van der Waals surface area contributed by atoms with Gasteiger partial charge >= 0.3 is 0 Å². The number of aryl methyl sites for hydroxylation is 2. The molecule has 0 saturated carbocycles. The zero-order valence-corrected chi connectivity index (χ0v) is 14.3. The van der Waals surface area contributed by atoms with Crippen LogP contribution < -0.4 is 10.3 Å². The number of hydrogen-bond acceptors (Lipinski definition) is 3. The maximum atomic E-state index is 12.0. The molecule has 2 aromatic carbocycles. The van der Waals surface area contributed by atoms with Crippen LogP contribution in [0.15, 0.2) is 76.6 Å². The molecule has 4 nitrogen and oxygen atoms in total. The van der Waals surface area contributed by atoms with E-state index < -0.39 is 0 Å². The van der Waals surface area contributed by atoms with Crippen molar-refractivity contribution < 1.29 is 4.74 Å². The van der Waals surface area contributed by atoms with E-state index in [1.54, 1.807) is 12.3 Å². The molecule has 0 unspecified atom stereocenters. The highest BCUT2D eigenvalue weighted by molar-refractivity contribution is 5.79. The minimum atomic E-state index is -0.128. The number of aromatic nitrogens is 1. The van der Waals surface area contributed by atoms with E-state index in [4.69, 9.17) is 4.74 Å². The molecule has 126 valence electrons. The highest BCUT2D eigenvalue weighted by atomic mass is 16.5. The molecular formula is C21H20N2O2. The van der Waals surface area contributed by atoms with Crippen LogP contribution in [0.25, 0.3) is 0 Å². The fraction of sp³-hybridized carbons (Fsp3) is 0.143. The van der Waals surface area contributed by atoms with Crippen LogP contribution in [0.1, 0.15) is 22.4 Å². The lowest BCUT2D eigenvalue weighted by Gasteiger charge is -2.06. The second kappa shape index (κ2) is 7.62. The molecule has 4 heteroatoms. The maximum Gasteiger partial charge on any atom is 0.271 e. The molecule has 3 rings (SSSR count). The van der Waals surface area contributed by atoms with Crippen molar-refractivity contribution >= 4 is 6.21 Å². The minimum Gasteiger partial charge on any atom is -0.489 e. The maximum absolute atomic E-state index is 12.0. The SMILES string of the molecule is Cc1cc(C)n(/N=C/c2ccc(OCc3ccccc3)cc2)c(=O)c1. The summed E-state index contributed by atoms with van der Waals surface area (Å²) >= 11 is 0. The largest absolute Gasteiger partial charge is 0.489 e. The Kier molecular flexibility index (Phi) is 5.09. The Morgan fingerprint density at radius 1 is 1.00 bits per heavy atom. The first-order valence-electron chi connectivity index (χ1n) is 8.13. The van der Waals surface area contributed by atoms with Gasteiger partial charge in [0.05, 0.1) is 6.21 Å². The van der Waals surface area contributed by atoms with Crippen LogP contribution in [0.3, 0.4) is 0 Å². The fourth-order valence-corrected chi connectivity index (χ4v) is 2.53. The Morgan fingerprint density at radius 2 is 1.72 bits per heavy atom. The second-order valence-corrected chi connectivity index (χ2v) is 5.91. The van der Waals surface area contributed by atoms with E-state index in [9.17, 15) is 4.79 Å². The number of benzene rings is 2. The molecule has 0 bridgehead atoms. The summed E-state index contributed by atoms with van der Waals surface area (Å²) in [6.45, 7) is 4.30. The molecule has 0 aliphatic rings. The summed E-state index contributed by atoms with van der Waals surface area (Å²) in [5.41, 5.74) is 3.65. The quantitative estimate of drug-likeness (QED) is 0.665. The van der Waals surface area contributed by atoms with Gasteiger partial charge in [-0.05, 0) is 60.9 Å². The lowest BCUT2D eigenvalue weighted by Crippen LogP contribution is -2.18. The normalized spacial score (nSPS) is 11.0. The van der Waals surface area contributed by atoms with Crippen LogP contribution >= 0.6 is 0 Å². The first-order chi connectivity index (χ1) is 12.1. The molecule has 0 aliphatic carbocycles. The van der Waals surface area contributed by atoms with E-state index in [1.807, 2.05) is 74.5 Å². The second-order valence-electron chi connectivity index (χ2n) is 5.91. The van der Waals surface area contributed by atoms with Crippen molar-refractivity contribution in [3.8, 4) is 5.75 Å². The first kappa shape index (κ1) is 16.7. The molecule has 0 spiro atoms. The average Bonchev–Trinajstić information content (AvgIpc) is 2.61. The first-order valence-corrected chi connectivity index (χ1v) is 8.13. The van der Waals surface area contributed by atoms with E-state index in [2.05, 4.69) is 5.10 Å². The van der Waals surface area contributed by atoms with Gasteiger partial charge < -0.3 is 4.74 Å². The molecule has 0 atom stereocenters. The lowest BCUT2D eigenvalue weighted by atomic mass is 10.2. The Labute approximate surface area is 147 Å². The summed E-state index contributed by atoms with van der Waals surface area (Å²) < 4.78 is 7.16. The zero-order chi connectivity index (χ0) is 17.6. The molecule has 0 N–H and O–H groups in total. The van der Waals surface area contributed by atoms with Gasteiger partial charge in [0.1, 0.15) is 12.4 Å². The standard InChI is InChI=1S/C21H20N2O2/c1-16-12-17(2)23(21(24)13-16)22-14-18-8-10-20(11-9-18)25-15-19-6-4-3-5-7-19/h3-14H,15H2,1-2H3/b22-14+. The summed E-state index contributed by atoms with van der Waals surface area (Å²) in [6, 6.07) is 21.2. The van der Waals surface area contributed by atoms with E-state index in [1.165, 1.54) is 4.68 Å². The smallest absolute Gasteiger partial charge is 0.271 e. The summed E-state index contributed by atoms with van der Waals surface area (Å²) in [5, 5.41) is 4.28. The Morgan fingerprint density at radius 3 is 2.40 bits per heavy atom. The minimum absolute atomic E-state index is 0.128. The van der Waals surface area contributed by atoms with Gasteiger partial charge in [-0.15, -0.1) is 0 Å². The van der Waals surface area contributed by atoms with Gasteiger partial charge in [-0.1, -0.05) is 30.3 Å². The number of nitrogens with zero attached hydrogens (tertiary/aromatic N) is 2. The summed E-state index contributed by atoms with van der Waals surface area (Å²) in [6.07, 6.45) is 1.67. The lowest BCUT2D eigenvalue weighted by molar-refractivity contribution is 0.306. The van der Waals surface area contributed by atoms with Crippen molar-refractivity contribution in [2.45, 2.75) is 20.5 Å². The van der Waals surface area contributed by atoms with Gasteiger partial charge in [0.15, 0.2) is 0 Å². The Hall–Kier alpha value is -3.14. The van der Waals surface area contributed by atoms with E-state index in [0.29, 0.717) is 6.61 Å². The number of hydrogen-bond donors (Lipinski definition) is 0. The molecule has 1 aromatic heterocycles. The molecule has 1 heterocycles. The summed E-state index contributed by atoms with van der Waals surface area (Å²) in [7, 11) is 0. The van der Waals surface area contributed by atoms with Crippen LogP contribution in [-0.4, -0.2) is 10.9 Å². The molecular weight excluding hydrogens is 312 g/mol. The molecule has 0 saturated heterocycles. The van der Waals surface area contributed by atoms with Crippen LogP contribution in [0, 0.1) is 13.8 Å². The topological polar surface area (TPSA) is 43.6 Å². The van der Waals surface area contributed by atoms with Crippen molar-refractivity contribution in [3.63, 3.8) is 0 Å². The predicted molar refractivity (Wildman–Crippen MR) is 100 cm³/mol. The number of pyridine rings is 1. The van der Waals surface area contributed by atoms with Gasteiger partial charge in [0.2, 0.25) is 0 Å². The third-order valence-electron chi connectivity index (χ3n) is 3.78. The highest BCUT2D eigenvalue weighted by Crippen LogP contribution is 2.13. The van der Waals surface area contributed by atoms with Gasteiger partial charge in [-0.25, -0.2) is 4.68 Å². The van der Waals surface area contributed by atoms with Crippen LogP contribution in [0.4, 0.5) is 0 Å². The Balaban J connectivity index is 1.68. The highest BCUT2D eigenvalue weighted by Gasteiger charge is 2.00. The van der Waals surface area contributed by atoms with Crippen LogP contribution in [0.5, 0.6) is 5.75 Å². The van der Waals surface area contributed by atoms with Crippen molar-refractivity contribution in [1.29, 1.82) is 0 Å². The third-order valence-corrected chi connectivity index (χ3v) is 3.78. The number of ether oxygens (including phenoxy) is 1. The molecule has 3 aromatic rings. The van der Waals surface area contributed by atoms with Gasteiger partial charge in [0, 0.05) is 11.8 Å². The van der Waals surface area contributed by atoms with Crippen LogP contribution in [0.2, 0.25) is 0 Å². The average molecular weight is 332 g/mol. The van der Waals surface area contributed by atoms with Crippen LogP contribution in [-0.2, 0) is 6.61 Å². The van der Waals surface area contributed by atoms with Gasteiger partial charge in [-0.2, -0.15) is 5.10 Å². The van der Waals surface area contributed by atoms with Crippen molar-refractivity contribution in [1.82, 2.24) is 4.68 Å². The fourth-order valence-electron chi connectivity index (χ4n) is 2.53. The predicted octanol–water partition coefficient (Wildman–Crippen LogP) is 3.93. The molecule has 0 aliphatic heterocycles. The van der Waals surface area contributed by atoms with Gasteiger partial charge in [-0.3, -0.25) is 4.79 Å². The Bertz CT molecular complexity index is 926. The van der Waals surface area contributed by atoms with E-state index >= 15 is 0 Å². The molecule has 25 heavy (non-hydrogen) atoms. The summed E-state index contributed by atoms with van der Waals surface area (Å²) in [4.78, 5) is 12.0. The zero-order valence-electron chi connectivity index (χ0n) is 14.3. The monoisotopic (exact) mass is 332 g/mol. The third kappa shape index (κ3) is 4.44. The molecule has 0 radical (unpaired) electrons. The molecule has 0 fully saturated rings. The van der Waals surface area contributed by atoms with Crippen molar-refractivity contribution in [3.05, 3.63) is 99.5 Å². The molecule has 0 amide bonds. The van der Waals surface area contributed by atoms with Crippen molar-refractivity contribution in [2.24, 2.45) is 5.10 Å². The summed E-state index contributed by atoms with van der Waals surface area (Å²) in [5.74, 6) is 0.796. The van der Waals surface area contributed by atoms with Gasteiger partial charge in [0.25, 0.3) is 5.56 Å². The number of rotatable bonds is 5.